The topological polar surface area (TPSA) is 33.5 Å². The molecule has 0 saturated heterocycles. The van der Waals surface area contributed by atoms with Crippen molar-refractivity contribution >= 4 is 33.2 Å². The first-order chi connectivity index (χ1) is 30.3. The molecule has 5 nitrogen and oxygen atoms in total. The minimum atomic E-state index is -0.305. The van der Waals surface area contributed by atoms with Crippen LogP contribution in [0.1, 0.15) is 104 Å². The lowest BCUT2D eigenvalue weighted by atomic mass is 9.78. The zero-order chi connectivity index (χ0) is 45.2. The Kier molecular flexibility index (Phi) is 10.6. The van der Waals surface area contributed by atoms with Crippen LogP contribution in [0, 0.1) is 0 Å². The number of hydrogen-bond acceptors (Lipinski definition) is 4. The largest absolute Gasteiger partial charge is 0.457 e. The lowest BCUT2D eigenvalue weighted by molar-refractivity contribution is 0.477. The molecule has 6 aromatic carbocycles. The van der Waals surface area contributed by atoms with E-state index in [2.05, 4.69) is 249 Å². The van der Waals surface area contributed by atoms with Crippen LogP contribution < -0.4 is 14.5 Å². The second-order valence-electron chi connectivity index (χ2n) is 21.2. The van der Waals surface area contributed by atoms with Crippen molar-refractivity contribution in [3.63, 3.8) is 0 Å². The Morgan fingerprint density at radius 1 is 0.469 bits per heavy atom. The molecular formula is C59H62N4O. The molecule has 0 spiro atoms. The number of anilines is 2. The fraction of sp³-hybridized carbons (Fsp3) is 0.271. The Morgan fingerprint density at radius 2 is 1.08 bits per heavy atom. The van der Waals surface area contributed by atoms with Gasteiger partial charge in [0.25, 0.3) is 0 Å². The normalized spacial score (nSPS) is 13.7. The van der Waals surface area contributed by atoms with Crippen molar-refractivity contribution < 1.29 is 4.74 Å². The molecule has 1 aliphatic heterocycles. The van der Waals surface area contributed by atoms with Gasteiger partial charge in [-0.3, -0.25) is 4.57 Å². The lowest BCUT2D eigenvalue weighted by Gasteiger charge is -2.29. The zero-order valence-corrected chi connectivity index (χ0v) is 39.5. The minimum Gasteiger partial charge on any atom is -0.457 e. The van der Waals surface area contributed by atoms with Crippen molar-refractivity contribution in [1.82, 2.24) is 9.55 Å². The standard InChI is InChI=1S/C59H62N4O/c1-56(2,3)43-26-27-60-54(35-43)63-52-25-19-18-24-50(52)55-51(58(7,8)9)37-49(38-53(55)63)64-48-34-45(59(10,11)42-22-16-13-17-23-42)33-47(36-48)62-29-28-61(39-62)46-31-41(40-20-14-12-15-21-40)30-44(32-46)57(4,5)6/h12-38H,39H2,1-11H3. The Hall–Kier alpha value is -6.59. The summed E-state index contributed by atoms with van der Waals surface area (Å²) in [6.45, 7) is 25.8. The van der Waals surface area contributed by atoms with Crippen molar-refractivity contribution in [2.45, 2.75) is 97.8 Å². The Bertz CT molecular complexity index is 3030. The predicted octanol–water partition coefficient (Wildman–Crippen LogP) is 15.6. The highest BCUT2D eigenvalue weighted by Gasteiger charge is 2.29. The molecule has 0 aliphatic carbocycles. The van der Waals surface area contributed by atoms with E-state index in [9.17, 15) is 0 Å². The lowest BCUT2D eigenvalue weighted by Crippen LogP contribution is -2.26. The summed E-state index contributed by atoms with van der Waals surface area (Å²) in [4.78, 5) is 9.68. The van der Waals surface area contributed by atoms with Gasteiger partial charge in [0.05, 0.1) is 17.7 Å². The van der Waals surface area contributed by atoms with E-state index in [0.717, 1.165) is 34.0 Å². The van der Waals surface area contributed by atoms with E-state index in [-0.39, 0.29) is 21.7 Å². The van der Waals surface area contributed by atoms with E-state index >= 15 is 0 Å². The first-order valence-corrected chi connectivity index (χ1v) is 22.7. The molecule has 0 bridgehead atoms. The van der Waals surface area contributed by atoms with Crippen LogP contribution in [0.5, 0.6) is 11.5 Å². The molecule has 324 valence electrons. The zero-order valence-electron chi connectivity index (χ0n) is 39.5. The fourth-order valence-electron chi connectivity index (χ4n) is 9.06. The molecular weight excluding hydrogens is 781 g/mol. The van der Waals surface area contributed by atoms with E-state index in [4.69, 9.17) is 9.72 Å². The number of hydrogen-bond donors (Lipinski definition) is 0. The molecule has 0 radical (unpaired) electrons. The molecule has 2 aromatic heterocycles. The number of aromatic nitrogens is 2. The highest BCUT2D eigenvalue weighted by Crippen LogP contribution is 2.44. The Morgan fingerprint density at radius 3 is 1.75 bits per heavy atom. The van der Waals surface area contributed by atoms with Crippen molar-refractivity contribution in [1.29, 1.82) is 0 Å². The highest BCUT2D eigenvalue weighted by molar-refractivity contribution is 6.11. The van der Waals surface area contributed by atoms with E-state index in [1.807, 2.05) is 6.20 Å². The van der Waals surface area contributed by atoms with Gasteiger partial charge in [-0.2, -0.15) is 0 Å². The first-order valence-electron chi connectivity index (χ1n) is 22.7. The van der Waals surface area contributed by atoms with E-state index in [0.29, 0.717) is 6.67 Å². The summed E-state index contributed by atoms with van der Waals surface area (Å²) < 4.78 is 9.51. The number of nitrogens with zero attached hydrogens (tertiary/aromatic N) is 4. The van der Waals surface area contributed by atoms with Crippen molar-refractivity contribution in [3.8, 4) is 28.4 Å². The molecule has 9 rings (SSSR count). The third-order valence-electron chi connectivity index (χ3n) is 13.0. The van der Waals surface area contributed by atoms with Crippen molar-refractivity contribution in [2.24, 2.45) is 0 Å². The maximum absolute atomic E-state index is 7.19. The summed E-state index contributed by atoms with van der Waals surface area (Å²) in [6, 6.07) is 52.8. The van der Waals surface area contributed by atoms with Gasteiger partial charge in [-0.1, -0.05) is 161 Å². The third-order valence-corrected chi connectivity index (χ3v) is 13.0. The molecule has 0 N–H and O–H groups in total. The minimum absolute atomic E-state index is 0.0105. The summed E-state index contributed by atoms with van der Waals surface area (Å²) in [5.41, 5.74) is 12.6. The number of rotatable bonds is 8. The first kappa shape index (κ1) is 42.7. The molecule has 5 heteroatoms. The number of pyridine rings is 1. The third kappa shape index (κ3) is 8.20. The monoisotopic (exact) mass is 842 g/mol. The molecule has 0 amide bonds. The summed E-state index contributed by atoms with van der Waals surface area (Å²) in [7, 11) is 0. The molecule has 8 aromatic rings. The Labute approximate surface area is 380 Å². The van der Waals surface area contributed by atoms with E-state index in [1.165, 1.54) is 55.4 Å². The van der Waals surface area contributed by atoms with Gasteiger partial charge in [0.15, 0.2) is 0 Å². The summed E-state index contributed by atoms with van der Waals surface area (Å²) in [6.07, 6.45) is 6.35. The number of fused-ring (bicyclic) bond motifs is 3. The van der Waals surface area contributed by atoms with Crippen LogP contribution in [0.4, 0.5) is 11.4 Å². The molecule has 0 unspecified atom stereocenters. The smallest absolute Gasteiger partial charge is 0.137 e. The van der Waals surface area contributed by atoms with Crippen LogP contribution in [-0.2, 0) is 21.7 Å². The van der Waals surface area contributed by atoms with Gasteiger partial charge in [0.1, 0.15) is 17.3 Å². The maximum atomic E-state index is 7.19. The molecule has 1 aliphatic rings. The predicted molar refractivity (Wildman–Crippen MR) is 271 cm³/mol. The van der Waals surface area contributed by atoms with Crippen LogP contribution in [0.15, 0.2) is 164 Å². The number of ether oxygens (including phenoxy) is 1. The van der Waals surface area contributed by atoms with Crippen LogP contribution in [0.2, 0.25) is 0 Å². The Balaban J connectivity index is 1.16. The summed E-state index contributed by atoms with van der Waals surface area (Å²) >= 11 is 0. The molecule has 3 heterocycles. The van der Waals surface area contributed by atoms with Gasteiger partial charge in [-0.25, -0.2) is 4.98 Å². The van der Waals surface area contributed by atoms with Gasteiger partial charge in [-0.05, 0) is 104 Å². The summed E-state index contributed by atoms with van der Waals surface area (Å²) in [5, 5.41) is 2.44. The van der Waals surface area contributed by atoms with E-state index in [1.54, 1.807) is 0 Å². The number of benzene rings is 6. The van der Waals surface area contributed by atoms with Gasteiger partial charge in [0, 0.05) is 58.3 Å². The van der Waals surface area contributed by atoms with Crippen LogP contribution in [0.3, 0.4) is 0 Å². The second-order valence-corrected chi connectivity index (χ2v) is 21.2. The molecule has 0 fully saturated rings. The average Bonchev–Trinajstić information content (AvgIpc) is 3.90. The maximum Gasteiger partial charge on any atom is 0.137 e. The van der Waals surface area contributed by atoms with Gasteiger partial charge >= 0.3 is 0 Å². The SMILES string of the molecule is CC(C)(C)c1cc(-c2ccccc2)cc(N2C=CN(c3cc(Oc4cc(C(C)(C)C)c5c6ccccc6n(-c6cc(C(C)(C)C)ccn6)c5c4)cc(C(C)(C)c4ccccc4)c3)C2)c1. The quantitative estimate of drug-likeness (QED) is 0.153. The fourth-order valence-corrected chi connectivity index (χ4v) is 9.06. The second kappa shape index (κ2) is 15.9. The van der Waals surface area contributed by atoms with Crippen LogP contribution in [-0.4, -0.2) is 16.2 Å². The molecule has 0 atom stereocenters. The van der Waals surface area contributed by atoms with Crippen LogP contribution >= 0.6 is 0 Å². The molecule has 0 saturated carbocycles. The average molecular weight is 843 g/mol. The van der Waals surface area contributed by atoms with Crippen molar-refractivity contribution in [2.75, 3.05) is 16.5 Å². The number of para-hydroxylation sites is 1. The summed E-state index contributed by atoms with van der Waals surface area (Å²) in [5.74, 6) is 2.48. The van der Waals surface area contributed by atoms with Gasteiger partial charge in [0.2, 0.25) is 0 Å². The van der Waals surface area contributed by atoms with Gasteiger partial charge < -0.3 is 14.5 Å². The van der Waals surface area contributed by atoms with Crippen molar-refractivity contribution in [3.05, 3.63) is 192 Å². The van der Waals surface area contributed by atoms with Crippen LogP contribution in [0.25, 0.3) is 38.8 Å². The van der Waals surface area contributed by atoms with E-state index < -0.39 is 0 Å². The molecule has 64 heavy (non-hydrogen) atoms. The van der Waals surface area contributed by atoms with Gasteiger partial charge in [-0.15, -0.1) is 0 Å². The highest BCUT2D eigenvalue weighted by atomic mass is 16.5.